The fourth-order valence-electron chi connectivity index (χ4n) is 0.740. The van der Waals surface area contributed by atoms with Crippen molar-refractivity contribution in [2.45, 2.75) is 6.92 Å². The zero-order valence-corrected chi connectivity index (χ0v) is 14.4. The molecule has 5 heteroatoms. The van der Waals surface area contributed by atoms with Crippen LogP contribution >= 0.6 is 57.6 Å². The summed E-state index contributed by atoms with van der Waals surface area (Å²) >= 11 is 7.28. The average molecular weight is 536 g/mol. The summed E-state index contributed by atoms with van der Waals surface area (Å²) in [6.45, 7) is 2.08. The van der Waals surface area contributed by atoms with Crippen molar-refractivity contribution in [3.63, 3.8) is 0 Å². The van der Waals surface area contributed by atoms with E-state index in [1.54, 1.807) is 0 Å². The molecule has 0 atom stereocenters. The van der Waals surface area contributed by atoms with Crippen molar-refractivity contribution < 1.29 is 9.05 Å². The van der Waals surface area contributed by atoms with Crippen LogP contribution in [-0.2, 0) is 5.73 Å². The van der Waals surface area contributed by atoms with Gasteiger partial charge in [0.15, 0.2) is 0 Å². The van der Waals surface area contributed by atoms with E-state index in [-0.39, 0.29) is 0 Å². The van der Waals surface area contributed by atoms with E-state index in [2.05, 4.69) is 76.6 Å². The van der Waals surface area contributed by atoms with E-state index in [9.17, 15) is 0 Å². The first-order valence-corrected chi connectivity index (χ1v) is 19.0. The topological polar surface area (TPSA) is 9.23 Å². The van der Waals surface area contributed by atoms with Gasteiger partial charge in [0.05, 0.1) is 0 Å². The molecule has 0 N–H and O–H groups in total. The van der Waals surface area contributed by atoms with Gasteiger partial charge in [-0.05, 0) is 0 Å². The van der Waals surface area contributed by atoms with Crippen LogP contribution in [-0.4, -0.2) is 0 Å². The molecule has 0 aliphatic heterocycles. The fourth-order valence-corrected chi connectivity index (χ4v) is 4.51. The van der Waals surface area contributed by atoms with Gasteiger partial charge in [-0.25, -0.2) is 0 Å². The second kappa shape index (κ2) is 5.13. The molecule has 0 radical (unpaired) electrons. The number of hydrogen-bond donors (Lipinski definition) is 0. The van der Waals surface area contributed by atoms with E-state index < -0.39 is 5.73 Å². The minimum atomic E-state index is -1.97. The van der Waals surface area contributed by atoms with Crippen molar-refractivity contribution in [3.05, 3.63) is 29.8 Å². The second-order valence-corrected chi connectivity index (χ2v) is 48.4. The van der Waals surface area contributed by atoms with Crippen LogP contribution in [0.15, 0.2) is 24.3 Å². The maximum absolute atomic E-state index is 5.80. The van der Waals surface area contributed by atoms with Crippen molar-refractivity contribution in [3.8, 4) is 5.75 Å². The Morgan fingerprint density at radius 2 is 1.58 bits per heavy atom. The van der Waals surface area contributed by atoms with Gasteiger partial charge >= 0.3 is 109 Å². The third kappa shape index (κ3) is 4.97. The zero-order chi connectivity index (χ0) is 9.19. The van der Waals surface area contributed by atoms with Crippen LogP contribution < -0.4 is 3.32 Å². The Bertz CT molecular complexity index is 254. The van der Waals surface area contributed by atoms with Crippen molar-refractivity contribution in [2.75, 3.05) is 0 Å². The number of hydrogen-bond acceptors (Lipinski definition) is 1. The normalized spacial score (nSPS) is 11.3. The molecule has 66 valence electrons. The van der Waals surface area contributed by atoms with Crippen LogP contribution in [0.4, 0.5) is 0 Å². The van der Waals surface area contributed by atoms with E-state index in [0.717, 1.165) is 5.75 Å². The molecule has 0 fully saturated rings. The predicted molar refractivity (Wildman–Crippen MR) is 73.9 cm³/mol. The van der Waals surface area contributed by atoms with Crippen LogP contribution in [0.2, 0.25) is 0 Å². The molecule has 0 saturated carbocycles. The van der Waals surface area contributed by atoms with Crippen molar-refractivity contribution in [1.29, 1.82) is 0 Å². The summed E-state index contributed by atoms with van der Waals surface area (Å²) in [5.41, 5.74) is -0.691. The summed E-state index contributed by atoms with van der Waals surface area (Å²) in [6, 6.07) is 8.22. The molecule has 0 bridgehead atoms. The molecule has 0 aromatic heterocycles. The molecule has 12 heavy (non-hydrogen) atoms. The first-order valence-electron chi connectivity index (χ1n) is 3.30. The van der Waals surface area contributed by atoms with Gasteiger partial charge in [-0.1, -0.05) is 0 Å². The standard InChI is InChI=1S/C7H8O.3HI.Ti/c1-6-2-4-7(8)5-3-6;;;;/h2-5,8H,1H3;3*1H;/q;;;;+4/p-4. The van der Waals surface area contributed by atoms with E-state index in [1.807, 2.05) is 12.1 Å². The number of halogens is 3. The number of benzene rings is 1. The molecule has 1 aromatic carbocycles. The Morgan fingerprint density at radius 3 is 2.00 bits per heavy atom. The van der Waals surface area contributed by atoms with Crippen LogP contribution in [0.5, 0.6) is 5.75 Å². The number of rotatable bonds is 2. The average Bonchev–Trinajstić information content (AvgIpc) is 1.91. The van der Waals surface area contributed by atoms with Gasteiger partial charge < -0.3 is 0 Å². The summed E-state index contributed by atoms with van der Waals surface area (Å²) in [6.07, 6.45) is 0. The Kier molecular flexibility index (Phi) is 5.13. The molecule has 0 amide bonds. The van der Waals surface area contributed by atoms with Crippen LogP contribution in [0, 0.1) is 6.92 Å². The van der Waals surface area contributed by atoms with Gasteiger partial charge in [-0.15, -0.1) is 0 Å². The summed E-state index contributed by atoms with van der Waals surface area (Å²) in [7, 11) is 0. The van der Waals surface area contributed by atoms with Crippen molar-refractivity contribution in [2.24, 2.45) is 0 Å². The van der Waals surface area contributed by atoms with Crippen LogP contribution in [0.25, 0.3) is 0 Å². The summed E-state index contributed by atoms with van der Waals surface area (Å²) in [5.74, 6) is 0.999. The van der Waals surface area contributed by atoms with E-state index in [4.69, 9.17) is 3.32 Å². The van der Waals surface area contributed by atoms with Crippen LogP contribution in [0.1, 0.15) is 5.56 Å². The van der Waals surface area contributed by atoms with Crippen molar-refractivity contribution >= 4 is 57.6 Å². The molecular formula is C7H7I3OTi. The molecule has 0 unspecified atom stereocenters. The van der Waals surface area contributed by atoms with Gasteiger partial charge in [0.1, 0.15) is 0 Å². The monoisotopic (exact) mass is 536 g/mol. The number of aryl methyl sites for hydroxylation is 1. The van der Waals surface area contributed by atoms with Crippen LogP contribution in [0.3, 0.4) is 0 Å². The molecule has 1 aromatic rings. The maximum atomic E-state index is 5.80. The van der Waals surface area contributed by atoms with Gasteiger partial charge in [0.2, 0.25) is 0 Å². The first kappa shape index (κ1) is 12.0. The summed E-state index contributed by atoms with van der Waals surface area (Å²) in [5, 5.41) is 0. The van der Waals surface area contributed by atoms with E-state index in [1.165, 1.54) is 5.56 Å². The van der Waals surface area contributed by atoms with Gasteiger partial charge in [-0.3, -0.25) is 0 Å². The quantitative estimate of drug-likeness (QED) is 0.401. The SMILES string of the molecule is Cc1ccc([O][Ti]([I])([I])[I])cc1. The Hall–Kier alpha value is 1.92. The van der Waals surface area contributed by atoms with Gasteiger partial charge in [0, 0.05) is 0 Å². The zero-order valence-electron chi connectivity index (χ0n) is 6.35. The predicted octanol–water partition coefficient (Wildman–Crippen LogP) is 4.49. The Morgan fingerprint density at radius 1 is 1.08 bits per heavy atom. The molecule has 0 saturated heterocycles. The summed E-state index contributed by atoms with van der Waals surface area (Å²) < 4.78 is 5.80. The van der Waals surface area contributed by atoms with Crippen molar-refractivity contribution in [1.82, 2.24) is 0 Å². The molecule has 1 rings (SSSR count). The third-order valence-corrected chi connectivity index (χ3v) is 4.71. The molecule has 0 aliphatic carbocycles. The molecule has 0 aliphatic rings. The van der Waals surface area contributed by atoms with E-state index in [0.29, 0.717) is 0 Å². The molecule has 0 heterocycles. The Labute approximate surface area is 107 Å². The van der Waals surface area contributed by atoms with Gasteiger partial charge in [-0.2, -0.15) is 0 Å². The van der Waals surface area contributed by atoms with Gasteiger partial charge in [0.25, 0.3) is 0 Å². The molecular weight excluding hydrogens is 529 g/mol. The summed E-state index contributed by atoms with van der Waals surface area (Å²) in [4.78, 5) is 0. The minimum absolute atomic E-state index is 0.999. The third-order valence-electron chi connectivity index (χ3n) is 1.25. The molecule has 0 spiro atoms. The fraction of sp³-hybridized carbons (Fsp3) is 0.143. The molecule has 1 nitrogen and oxygen atoms in total. The van der Waals surface area contributed by atoms with E-state index >= 15 is 0 Å². The Balaban J connectivity index is 2.71. The second-order valence-electron chi connectivity index (χ2n) is 2.36. The first-order chi connectivity index (χ1) is 5.47.